The predicted molar refractivity (Wildman–Crippen MR) is 76.7 cm³/mol. The highest BCUT2D eigenvalue weighted by atomic mass is 32.1. The SMILES string of the molecule is CCc1ccsc1CNCC(O)c1c(F)cccc1F. The van der Waals surface area contributed by atoms with E-state index in [9.17, 15) is 13.9 Å². The fourth-order valence-corrected chi connectivity index (χ4v) is 3.04. The Morgan fingerprint density at radius 3 is 2.60 bits per heavy atom. The monoisotopic (exact) mass is 297 g/mol. The minimum atomic E-state index is -1.19. The zero-order chi connectivity index (χ0) is 14.5. The second-order valence-electron chi connectivity index (χ2n) is 4.50. The van der Waals surface area contributed by atoms with Crippen molar-refractivity contribution in [2.75, 3.05) is 6.54 Å². The first-order chi connectivity index (χ1) is 9.63. The summed E-state index contributed by atoms with van der Waals surface area (Å²) in [6, 6.07) is 5.65. The molecular weight excluding hydrogens is 280 g/mol. The summed E-state index contributed by atoms with van der Waals surface area (Å²) in [7, 11) is 0. The molecule has 0 aliphatic rings. The van der Waals surface area contributed by atoms with Crippen molar-refractivity contribution in [2.45, 2.75) is 26.0 Å². The maximum atomic E-state index is 13.5. The summed E-state index contributed by atoms with van der Waals surface area (Å²) in [5, 5.41) is 15.0. The van der Waals surface area contributed by atoms with Gasteiger partial charge in [0.15, 0.2) is 0 Å². The quantitative estimate of drug-likeness (QED) is 0.856. The van der Waals surface area contributed by atoms with Gasteiger partial charge in [0.2, 0.25) is 0 Å². The van der Waals surface area contributed by atoms with Gasteiger partial charge in [-0.15, -0.1) is 11.3 Å². The van der Waals surface area contributed by atoms with Crippen LogP contribution in [-0.4, -0.2) is 11.7 Å². The number of aliphatic hydroxyl groups is 1. The fourth-order valence-electron chi connectivity index (χ4n) is 2.09. The molecule has 0 aliphatic carbocycles. The van der Waals surface area contributed by atoms with Gasteiger partial charge in [-0.2, -0.15) is 0 Å². The van der Waals surface area contributed by atoms with Gasteiger partial charge >= 0.3 is 0 Å². The molecule has 0 saturated carbocycles. The van der Waals surface area contributed by atoms with E-state index >= 15 is 0 Å². The normalized spacial score (nSPS) is 12.6. The Kier molecular flexibility index (Phi) is 5.23. The maximum Gasteiger partial charge on any atom is 0.131 e. The van der Waals surface area contributed by atoms with Crippen molar-refractivity contribution in [3.05, 3.63) is 57.3 Å². The number of rotatable bonds is 6. The van der Waals surface area contributed by atoms with E-state index in [2.05, 4.69) is 18.3 Å². The minimum absolute atomic E-state index is 0.110. The highest BCUT2D eigenvalue weighted by molar-refractivity contribution is 7.10. The van der Waals surface area contributed by atoms with Crippen molar-refractivity contribution in [3.8, 4) is 0 Å². The van der Waals surface area contributed by atoms with Gasteiger partial charge in [0.05, 0.1) is 11.7 Å². The van der Waals surface area contributed by atoms with Crippen molar-refractivity contribution >= 4 is 11.3 Å². The van der Waals surface area contributed by atoms with Crippen LogP contribution in [0.4, 0.5) is 8.78 Å². The fraction of sp³-hybridized carbons (Fsp3) is 0.333. The third-order valence-corrected chi connectivity index (χ3v) is 4.14. The van der Waals surface area contributed by atoms with E-state index in [1.165, 1.54) is 16.5 Å². The number of aliphatic hydroxyl groups excluding tert-OH is 1. The van der Waals surface area contributed by atoms with E-state index in [1.54, 1.807) is 11.3 Å². The zero-order valence-corrected chi connectivity index (χ0v) is 12.0. The molecule has 1 aromatic carbocycles. The largest absolute Gasteiger partial charge is 0.387 e. The van der Waals surface area contributed by atoms with Crippen LogP contribution in [0.25, 0.3) is 0 Å². The lowest BCUT2D eigenvalue weighted by Crippen LogP contribution is -2.22. The molecular formula is C15H17F2NOS. The van der Waals surface area contributed by atoms with Crippen LogP contribution in [0, 0.1) is 11.6 Å². The van der Waals surface area contributed by atoms with Crippen LogP contribution in [0.1, 0.15) is 29.0 Å². The summed E-state index contributed by atoms with van der Waals surface area (Å²) in [5.74, 6) is -1.44. The van der Waals surface area contributed by atoms with E-state index in [0.717, 1.165) is 18.6 Å². The van der Waals surface area contributed by atoms with Crippen molar-refractivity contribution < 1.29 is 13.9 Å². The molecule has 1 unspecified atom stereocenters. The summed E-state index contributed by atoms with van der Waals surface area (Å²) in [5.41, 5.74) is 0.982. The van der Waals surface area contributed by atoms with Crippen molar-refractivity contribution in [1.29, 1.82) is 0 Å². The standard InChI is InChI=1S/C15H17F2NOS/c1-2-10-6-7-20-14(10)9-18-8-13(19)15-11(16)4-3-5-12(15)17/h3-7,13,18-19H,2,8-9H2,1H3. The first kappa shape index (κ1) is 15.1. The number of nitrogens with one attached hydrogen (secondary N) is 1. The topological polar surface area (TPSA) is 32.3 Å². The number of hydrogen-bond donors (Lipinski definition) is 2. The Balaban J connectivity index is 1.94. The van der Waals surface area contributed by atoms with Crippen LogP contribution in [0.5, 0.6) is 0 Å². The lowest BCUT2D eigenvalue weighted by Gasteiger charge is -2.14. The molecule has 2 rings (SSSR count). The molecule has 2 aromatic rings. The summed E-state index contributed by atoms with van der Waals surface area (Å²) in [6.45, 7) is 2.78. The first-order valence-electron chi connectivity index (χ1n) is 6.51. The Morgan fingerprint density at radius 1 is 1.25 bits per heavy atom. The van der Waals surface area contributed by atoms with Crippen LogP contribution >= 0.6 is 11.3 Å². The molecule has 0 amide bonds. The van der Waals surface area contributed by atoms with Gasteiger partial charge in [0, 0.05) is 18.0 Å². The third kappa shape index (κ3) is 3.42. The van der Waals surface area contributed by atoms with Crippen LogP contribution in [0.3, 0.4) is 0 Å². The molecule has 2 N–H and O–H groups in total. The van der Waals surface area contributed by atoms with Crippen molar-refractivity contribution in [3.63, 3.8) is 0 Å². The highest BCUT2D eigenvalue weighted by Crippen LogP contribution is 2.21. The molecule has 5 heteroatoms. The van der Waals surface area contributed by atoms with Crippen LogP contribution in [0.15, 0.2) is 29.6 Å². The molecule has 0 spiro atoms. The van der Waals surface area contributed by atoms with Gasteiger partial charge in [-0.3, -0.25) is 0 Å². The molecule has 2 nitrogen and oxygen atoms in total. The average molecular weight is 297 g/mol. The van der Waals surface area contributed by atoms with E-state index in [-0.39, 0.29) is 12.1 Å². The summed E-state index contributed by atoms with van der Waals surface area (Å²) in [4.78, 5) is 1.19. The number of halogens is 2. The van der Waals surface area contributed by atoms with Crippen LogP contribution in [-0.2, 0) is 13.0 Å². The molecule has 0 radical (unpaired) electrons. The van der Waals surface area contributed by atoms with Crippen LogP contribution in [0.2, 0.25) is 0 Å². The summed E-state index contributed by atoms with van der Waals surface area (Å²) >= 11 is 1.64. The Bertz CT molecular complexity index is 551. The Hall–Kier alpha value is -1.30. The summed E-state index contributed by atoms with van der Waals surface area (Å²) in [6.07, 6.45) is -0.244. The second-order valence-corrected chi connectivity index (χ2v) is 5.51. The van der Waals surface area contributed by atoms with E-state index < -0.39 is 17.7 Å². The average Bonchev–Trinajstić information content (AvgIpc) is 2.86. The van der Waals surface area contributed by atoms with E-state index in [4.69, 9.17) is 0 Å². The lowest BCUT2D eigenvalue weighted by molar-refractivity contribution is 0.164. The van der Waals surface area contributed by atoms with Crippen LogP contribution < -0.4 is 5.32 Å². The Morgan fingerprint density at radius 2 is 1.95 bits per heavy atom. The van der Waals surface area contributed by atoms with E-state index in [1.807, 2.05) is 5.38 Å². The molecule has 20 heavy (non-hydrogen) atoms. The number of hydrogen-bond acceptors (Lipinski definition) is 3. The van der Waals surface area contributed by atoms with Crippen molar-refractivity contribution in [2.24, 2.45) is 0 Å². The van der Waals surface area contributed by atoms with Crippen molar-refractivity contribution in [1.82, 2.24) is 5.32 Å². The van der Waals surface area contributed by atoms with Gasteiger partial charge in [0.1, 0.15) is 11.6 Å². The number of thiophene rings is 1. The number of benzene rings is 1. The number of aryl methyl sites for hydroxylation is 1. The first-order valence-corrected chi connectivity index (χ1v) is 7.39. The van der Waals surface area contributed by atoms with Gasteiger partial charge in [-0.25, -0.2) is 8.78 Å². The molecule has 108 valence electrons. The predicted octanol–water partition coefficient (Wildman–Crippen LogP) is 3.41. The molecule has 0 fully saturated rings. The molecule has 1 atom stereocenters. The zero-order valence-electron chi connectivity index (χ0n) is 11.2. The minimum Gasteiger partial charge on any atom is -0.387 e. The highest BCUT2D eigenvalue weighted by Gasteiger charge is 2.17. The summed E-state index contributed by atoms with van der Waals surface area (Å²) < 4.78 is 27.0. The van der Waals surface area contributed by atoms with Gasteiger partial charge < -0.3 is 10.4 Å². The molecule has 1 heterocycles. The molecule has 0 bridgehead atoms. The molecule has 0 aliphatic heterocycles. The molecule has 0 saturated heterocycles. The van der Waals surface area contributed by atoms with E-state index in [0.29, 0.717) is 6.54 Å². The second kappa shape index (κ2) is 6.92. The van der Waals surface area contributed by atoms with Gasteiger partial charge in [0.25, 0.3) is 0 Å². The third-order valence-electron chi connectivity index (χ3n) is 3.17. The molecule has 1 aromatic heterocycles. The smallest absolute Gasteiger partial charge is 0.131 e. The Labute approximate surface area is 121 Å². The van der Waals surface area contributed by atoms with Gasteiger partial charge in [-0.1, -0.05) is 13.0 Å². The lowest BCUT2D eigenvalue weighted by atomic mass is 10.1. The maximum absolute atomic E-state index is 13.5. The van der Waals surface area contributed by atoms with Gasteiger partial charge in [-0.05, 0) is 35.6 Å².